The van der Waals surface area contributed by atoms with Gasteiger partial charge in [0, 0.05) is 18.2 Å². The molecule has 0 N–H and O–H groups in total. The fourth-order valence-corrected chi connectivity index (χ4v) is 4.76. The predicted molar refractivity (Wildman–Crippen MR) is 132 cm³/mol. The summed E-state index contributed by atoms with van der Waals surface area (Å²) in [4.78, 5) is 19.3. The fraction of sp³-hybridized carbons (Fsp3) is 0.360. The molecule has 0 fully saturated rings. The van der Waals surface area contributed by atoms with E-state index in [1.54, 1.807) is 25.2 Å². The van der Waals surface area contributed by atoms with Gasteiger partial charge in [0.1, 0.15) is 0 Å². The normalized spacial score (nSPS) is 14.5. The molecule has 34 heavy (non-hydrogen) atoms. The lowest BCUT2D eigenvalue weighted by molar-refractivity contribution is -0.118. The first-order chi connectivity index (χ1) is 16.5. The van der Waals surface area contributed by atoms with Crippen molar-refractivity contribution < 1.29 is 19.0 Å². The molecule has 0 spiro atoms. The molecule has 1 aliphatic rings. The van der Waals surface area contributed by atoms with Gasteiger partial charge in [0.2, 0.25) is 23.2 Å². The van der Waals surface area contributed by atoms with Crippen molar-refractivity contribution in [1.29, 1.82) is 0 Å². The first kappa shape index (κ1) is 23.8. The van der Waals surface area contributed by atoms with Crippen molar-refractivity contribution in [2.24, 2.45) is 0 Å². The lowest BCUT2D eigenvalue weighted by Crippen LogP contribution is -2.36. The molecule has 1 aromatic heterocycles. The molecule has 0 bridgehead atoms. The second-order valence-corrected chi connectivity index (χ2v) is 8.97. The Morgan fingerprint density at radius 2 is 2.00 bits per heavy atom. The lowest BCUT2D eigenvalue weighted by atomic mass is 10.0. The minimum atomic E-state index is -0.851. The van der Waals surface area contributed by atoms with Gasteiger partial charge in [0.15, 0.2) is 17.2 Å². The Labute approximate surface area is 203 Å². The number of hydrogen-bond acceptors (Lipinski definition) is 8. The molecule has 178 valence electrons. The highest BCUT2D eigenvalue weighted by molar-refractivity contribution is 7.99. The molecule has 1 amide bonds. The maximum Gasteiger partial charge on any atom is 0.247 e. The molecule has 0 aliphatic carbocycles. The fourth-order valence-electron chi connectivity index (χ4n) is 3.90. The van der Waals surface area contributed by atoms with Gasteiger partial charge in [-0.1, -0.05) is 42.8 Å². The van der Waals surface area contributed by atoms with E-state index in [2.05, 4.69) is 17.1 Å². The van der Waals surface area contributed by atoms with Crippen LogP contribution in [0.4, 0.5) is 5.69 Å². The number of para-hydroxylation sites is 1. The maximum atomic E-state index is 13.0. The van der Waals surface area contributed by atoms with Gasteiger partial charge in [-0.05, 0) is 37.6 Å². The summed E-state index contributed by atoms with van der Waals surface area (Å²) in [5.74, 6) is 2.03. The van der Waals surface area contributed by atoms with Crippen LogP contribution in [0.3, 0.4) is 0 Å². The number of ether oxygens (including phenoxy) is 3. The summed E-state index contributed by atoms with van der Waals surface area (Å²) in [6.45, 7) is 5.64. The topological polar surface area (TPSA) is 86.7 Å². The largest absolute Gasteiger partial charge is 0.493 e. The molecule has 9 heteroatoms. The molecule has 3 aromatic rings. The molecule has 8 nitrogen and oxygen atoms in total. The zero-order valence-corrected chi connectivity index (χ0v) is 20.8. The van der Waals surface area contributed by atoms with E-state index in [0.29, 0.717) is 39.5 Å². The number of methoxy groups -OCH3 is 2. The number of amides is 1. The van der Waals surface area contributed by atoms with Crippen molar-refractivity contribution in [2.75, 3.05) is 24.9 Å². The van der Waals surface area contributed by atoms with E-state index in [-0.39, 0.29) is 5.91 Å². The van der Waals surface area contributed by atoms with Crippen LogP contribution in [0.1, 0.15) is 44.0 Å². The zero-order valence-electron chi connectivity index (χ0n) is 20.0. The molecular weight excluding hydrogens is 452 g/mol. The number of rotatable bonds is 7. The number of aryl methyl sites for hydroxylation is 1. The van der Waals surface area contributed by atoms with Crippen molar-refractivity contribution in [3.8, 4) is 28.6 Å². The van der Waals surface area contributed by atoms with Crippen LogP contribution >= 0.6 is 11.8 Å². The summed E-state index contributed by atoms with van der Waals surface area (Å²) in [6, 6.07) is 11.3. The van der Waals surface area contributed by atoms with Gasteiger partial charge in [0.05, 0.1) is 25.5 Å². The summed E-state index contributed by atoms with van der Waals surface area (Å²) in [7, 11) is 3.14. The van der Waals surface area contributed by atoms with Crippen molar-refractivity contribution >= 4 is 23.4 Å². The Kier molecular flexibility index (Phi) is 7.21. The number of carbonyl (C=O) groups is 1. The standard InChI is InChI=1S/C25H28N4O4S/c1-6-7-13-34-25-26-23-21(27-28-25)18-14-15(2)11-12-19(18)29(16(3)30)24(33-23)17-9-8-10-20(31-4)22(17)32-5/h8-12,14,24H,6-7,13H2,1-5H3/t24-/m0/s1. The van der Waals surface area contributed by atoms with Crippen LogP contribution in [0.25, 0.3) is 11.3 Å². The second-order valence-electron chi connectivity index (χ2n) is 7.91. The Morgan fingerprint density at radius 3 is 2.71 bits per heavy atom. The summed E-state index contributed by atoms with van der Waals surface area (Å²) in [6.07, 6.45) is 1.28. The van der Waals surface area contributed by atoms with Gasteiger partial charge < -0.3 is 14.2 Å². The second kappa shape index (κ2) is 10.3. The summed E-state index contributed by atoms with van der Waals surface area (Å²) in [5.41, 5.74) is 3.55. The number of carbonyl (C=O) groups excluding carboxylic acids is 1. The number of benzene rings is 2. The molecule has 0 saturated carbocycles. The summed E-state index contributed by atoms with van der Waals surface area (Å²) in [5, 5.41) is 9.36. The highest BCUT2D eigenvalue weighted by atomic mass is 32.2. The van der Waals surface area contributed by atoms with Crippen LogP contribution < -0.4 is 19.1 Å². The predicted octanol–water partition coefficient (Wildman–Crippen LogP) is 5.20. The molecule has 2 aromatic carbocycles. The first-order valence-corrected chi connectivity index (χ1v) is 12.1. The monoisotopic (exact) mass is 480 g/mol. The number of anilines is 1. The molecule has 2 heterocycles. The van der Waals surface area contributed by atoms with Crippen LogP contribution in [0.5, 0.6) is 17.4 Å². The Balaban J connectivity index is 1.93. The Morgan fingerprint density at radius 1 is 1.18 bits per heavy atom. The number of thioether (sulfide) groups is 1. The summed E-state index contributed by atoms with van der Waals surface area (Å²) >= 11 is 1.54. The van der Waals surface area contributed by atoms with Gasteiger partial charge in [-0.3, -0.25) is 9.69 Å². The average molecular weight is 481 g/mol. The van der Waals surface area contributed by atoms with Crippen LogP contribution in [0, 0.1) is 6.92 Å². The third-order valence-electron chi connectivity index (χ3n) is 5.53. The Hall–Kier alpha value is -3.33. The minimum absolute atomic E-state index is 0.196. The van der Waals surface area contributed by atoms with Crippen LogP contribution in [-0.2, 0) is 4.79 Å². The van der Waals surface area contributed by atoms with E-state index in [4.69, 9.17) is 19.2 Å². The number of fused-ring (bicyclic) bond motifs is 3. The van der Waals surface area contributed by atoms with Crippen molar-refractivity contribution in [3.05, 3.63) is 47.5 Å². The highest BCUT2D eigenvalue weighted by Crippen LogP contribution is 2.46. The van der Waals surface area contributed by atoms with Crippen LogP contribution in [-0.4, -0.2) is 41.1 Å². The molecule has 0 saturated heterocycles. The minimum Gasteiger partial charge on any atom is -0.493 e. The molecule has 0 unspecified atom stereocenters. The number of aromatic nitrogens is 3. The molecular formula is C25H28N4O4S. The van der Waals surface area contributed by atoms with E-state index in [9.17, 15) is 4.79 Å². The SMILES string of the molecule is CCCCSc1nnc2c(n1)O[C@@H](c1cccc(OC)c1OC)N(C(C)=O)c1ccc(C)cc1-2. The molecule has 4 rings (SSSR count). The van der Waals surface area contributed by atoms with Gasteiger partial charge in [-0.15, -0.1) is 10.2 Å². The van der Waals surface area contributed by atoms with Gasteiger partial charge >= 0.3 is 0 Å². The van der Waals surface area contributed by atoms with Crippen molar-refractivity contribution in [1.82, 2.24) is 15.2 Å². The number of hydrogen-bond donors (Lipinski definition) is 0. The van der Waals surface area contributed by atoms with Crippen LogP contribution in [0.15, 0.2) is 41.6 Å². The Bertz CT molecular complexity index is 1200. The number of unbranched alkanes of at least 4 members (excludes halogenated alkanes) is 1. The van der Waals surface area contributed by atoms with E-state index in [1.807, 2.05) is 37.3 Å². The average Bonchev–Trinajstić information content (AvgIpc) is 2.97. The summed E-state index contributed by atoms with van der Waals surface area (Å²) < 4.78 is 17.6. The zero-order chi connectivity index (χ0) is 24.2. The van der Waals surface area contributed by atoms with Crippen LogP contribution in [0.2, 0.25) is 0 Å². The third kappa shape index (κ3) is 4.52. The first-order valence-electron chi connectivity index (χ1n) is 11.1. The van der Waals surface area contributed by atoms with Crippen molar-refractivity contribution in [2.45, 2.75) is 45.0 Å². The van der Waals surface area contributed by atoms with Gasteiger partial charge in [-0.25, -0.2) is 0 Å². The molecule has 1 atom stereocenters. The highest BCUT2D eigenvalue weighted by Gasteiger charge is 2.36. The van der Waals surface area contributed by atoms with Gasteiger partial charge in [0.25, 0.3) is 0 Å². The van der Waals surface area contributed by atoms with Crippen molar-refractivity contribution in [3.63, 3.8) is 0 Å². The molecule has 0 radical (unpaired) electrons. The van der Waals surface area contributed by atoms with Gasteiger partial charge in [-0.2, -0.15) is 4.98 Å². The molecule has 1 aliphatic heterocycles. The van der Waals surface area contributed by atoms with E-state index in [1.165, 1.54) is 18.7 Å². The maximum absolute atomic E-state index is 13.0. The third-order valence-corrected chi connectivity index (χ3v) is 6.45. The van der Waals surface area contributed by atoms with E-state index < -0.39 is 6.23 Å². The van der Waals surface area contributed by atoms with E-state index in [0.717, 1.165) is 29.7 Å². The number of nitrogens with zero attached hydrogens (tertiary/aromatic N) is 4. The smallest absolute Gasteiger partial charge is 0.247 e. The van der Waals surface area contributed by atoms with E-state index >= 15 is 0 Å². The lowest BCUT2D eigenvalue weighted by Gasteiger charge is -2.31. The quantitative estimate of drug-likeness (QED) is 0.337.